The number of nitrogens with zero attached hydrogens (tertiary/aromatic N) is 4. The minimum atomic E-state index is -3.72. The Hall–Kier alpha value is -3.20. The number of anilines is 1. The maximum absolute atomic E-state index is 12.9. The van der Waals surface area contributed by atoms with Gasteiger partial charge in [0.1, 0.15) is 12.2 Å². The van der Waals surface area contributed by atoms with Gasteiger partial charge in [0.05, 0.1) is 4.90 Å². The smallest absolute Gasteiger partial charge is 0.261 e. The Bertz CT molecular complexity index is 1180. The van der Waals surface area contributed by atoms with Gasteiger partial charge in [0.2, 0.25) is 0 Å². The molecule has 1 aliphatic rings. The van der Waals surface area contributed by atoms with E-state index in [1.807, 2.05) is 28.5 Å². The van der Waals surface area contributed by atoms with Gasteiger partial charge in [-0.3, -0.25) is 9.52 Å². The van der Waals surface area contributed by atoms with E-state index in [4.69, 9.17) is 0 Å². The third-order valence-electron chi connectivity index (χ3n) is 5.85. The number of aryl methyl sites for hydroxylation is 2. The second-order valence-corrected chi connectivity index (χ2v) is 9.72. The summed E-state index contributed by atoms with van der Waals surface area (Å²) in [5, 5.41) is 8.26. The Morgan fingerprint density at radius 2 is 1.72 bits per heavy atom. The number of rotatable bonds is 6. The average molecular weight is 454 g/mol. The summed E-state index contributed by atoms with van der Waals surface area (Å²) in [5.74, 6) is 1.19. The van der Waals surface area contributed by atoms with Crippen molar-refractivity contribution in [3.63, 3.8) is 0 Å². The summed E-state index contributed by atoms with van der Waals surface area (Å²) in [6, 6.07) is 13.2. The van der Waals surface area contributed by atoms with E-state index in [1.54, 1.807) is 30.6 Å². The number of hydrogen-bond acceptors (Lipinski definition) is 5. The van der Waals surface area contributed by atoms with E-state index in [1.165, 1.54) is 12.1 Å². The van der Waals surface area contributed by atoms with Gasteiger partial charge in [0.25, 0.3) is 15.9 Å². The molecule has 1 saturated heterocycles. The number of piperidine rings is 1. The quantitative estimate of drug-likeness (QED) is 0.617. The van der Waals surface area contributed by atoms with Crippen LogP contribution in [0, 0.1) is 6.92 Å². The van der Waals surface area contributed by atoms with Crippen LogP contribution in [0.15, 0.2) is 59.8 Å². The number of carbonyl (C=O) groups excluding carboxylic acids is 1. The Morgan fingerprint density at radius 1 is 1.06 bits per heavy atom. The van der Waals surface area contributed by atoms with Crippen molar-refractivity contribution < 1.29 is 13.2 Å². The van der Waals surface area contributed by atoms with E-state index in [-0.39, 0.29) is 10.8 Å². The van der Waals surface area contributed by atoms with Crippen LogP contribution in [0.5, 0.6) is 0 Å². The van der Waals surface area contributed by atoms with Gasteiger partial charge in [0.15, 0.2) is 0 Å². The molecule has 1 fully saturated rings. The Labute approximate surface area is 188 Å². The number of nitrogens with one attached hydrogen (secondary N) is 1. The predicted octanol–water partition coefficient (Wildman–Crippen LogP) is 3.43. The summed E-state index contributed by atoms with van der Waals surface area (Å²) < 4.78 is 29.9. The number of carbonyl (C=O) groups is 1. The molecule has 0 unspecified atom stereocenters. The van der Waals surface area contributed by atoms with Gasteiger partial charge in [-0.2, -0.15) is 0 Å². The highest BCUT2D eigenvalue weighted by atomic mass is 32.2. The molecule has 1 aromatic heterocycles. The maximum Gasteiger partial charge on any atom is 0.261 e. The molecule has 0 radical (unpaired) electrons. The van der Waals surface area contributed by atoms with Crippen molar-refractivity contribution in [3.8, 4) is 0 Å². The van der Waals surface area contributed by atoms with Gasteiger partial charge in [-0.1, -0.05) is 17.7 Å². The maximum atomic E-state index is 12.9. The van der Waals surface area contributed by atoms with Crippen molar-refractivity contribution in [2.24, 2.45) is 0 Å². The number of sulfonamides is 1. The summed E-state index contributed by atoms with van der Waals surface area (Å²) >= 11 is 0. The van der Waals surface area contributed by atoms with Crippen molar-refractivity contribution >= 4 is 21.6 Å². The number of benzene rings is 2. The summed E-state index contributed by atoms with van der Waals surface area (Å²) in [4.78, 5) is 14.9. The van der Waals surface area contributed by atoms with Crippen molar-refractivity contribution in [3.05, 3.63) is 71.8 Å². The lowest BCUT2D eigenvalue weighted by Gasteiger charge is -2.31. The Balaban J connectivity index is 1.39. The van der Waals surface area contributed by atoms with Crippen molar-refractivity contribution in [2.75, 3.05) is 17.8 Å². The molecule has 0 spiro atoms. The van der Waals surface area contributed by atoms with E-state index in [2.05, 4.69) is 21.8 Å². The van der Waals surface area contributed by atoms with Crippen LogP contribution in [-0.2, 0) is 16.6 Å². The topological polar surface area (TPSA) is 97.2 Å². The van der Waals surface area contributed by atoms with Gasteiger partial charge in [-0.05, 0) is 63.1 Å². The molecule has 2 aromatic carbocycles. The van der Waals surface area contributed by atoms with Gasteiger partial charge in [-0.25, -0.2) is 8.42 Å². The van der Waals surface area contributed by atoms with Gasteiger partial charge < -0.3 is 9.47 Å². The molecule has 2 heterocycles. The van der Waals surface area contributed by atoms with Gasteiger partial charge in [-0.15, -0.1) is 10.2 Å². The second kappa shape index (κ2) is 9.12. The zero-order chi connectivity index (χ0) is 22.7. The minimum absolute atomic E-state index is 0.0872. The molecule has 32 heavy (non-hydrogen) atoms. The molecular formula is C23H27N5O3S. The van der Waals surface area contributed by atoms with Crippen LogP contribution in [-0.4, -0.2) is 47.1 Å². The van der Waals surface area contributed by atoms with Crippen molar-refractivity contribution in [1.82, 2.24) is 19.7 Å². The Kier molecular flexibility index (Phi) is 6.27. The van der Waals surface area contributed by atoms with E-state index in [0.717, 1.165) is 30.8 Å². The molecule has 168 valence electrons. The molecule has 3 aromatic rings. The first kappa shape index (κ1) is 22.0. The molecule has 1 aliphatic heterocycles. The van der Waals surface area contributed by atoms with E-state index >= 15 is 0 Å². The molecule has 1 amide bonds. The third kappa shape index (κ3) is 4.67. The molecule has 0 saturated carbocycles. The van der Waals surface area contributed by atoms with Gasteiger partial charge in [0, 0.05) is 36.8 Å². The molecule has 4 rings (SSSR count). The zero-order valence-corrected chi connectivity index (χ0v) is 19.0. The van der Waals surface area contributed by atoms with E-state index < -0.39 is 10.0 Å². The molecule has 0 aliphatic carbocycles. The van der Waals surface area contributed by atoms with E-state index in [0.29, 0.717) is 30.3 Å². The first-order chi connectivity index (χ1) is 15.4. The van der Waals surface area contributed by atoms with E-state index in [9.17, 15) is 13.2 Å². The largest absolute Gasteiger partial charge is 0.339 e. The highest BCUT2D eigenvalue weighted by molar-refractivity contribution is 7.92. The van der Waals surface area contributed by atoms with Crippen LogP contribution < -0.4 is 4.72 Å². The number of amides is 1. The van der Waals surface area contributed by atoms with Crippen LogP contribution in [0.1, 0.15) is 47.4 Å². The SMILES string of the molecule is CCn1cnnc1C1CCN(C(=O)c2ccc(S(=O)(=O)Nc3ccc(C)cc3)cc2)CC1. The molecule has 8 nitrogen and oxygen atoms in total. The fraction of sp³-hybridized carbons (Fsp3) is 0.348. The summed E-state index contributed by atoms with van der Waals surface area (Å²) in [5.41, 5.74) is 2.03. The minimum Gasteiger partial charge on any atom is -0.339 e. The fourth-order valence-corrected chi connectivity index (χ4v) is 5.02. The Morgan fingerprint density at radius 3 is 2.34 bits per heavy atom. The lowest BCUT2D eigenvalue weighted by molar-refractivity contribution is 0.0710. The molecule has 0 bridgehead atoms. The first-order valence-electron chi connectivity index (χ1n) is 10.7. The average Bonchev–Trinajstić information content (AvgIpc) is 3.29. The highest BCUT2D eigenvalue weighted by Crippen LogP contribution is 2.27. The van der Waals surface area contributed by atoms with Crippen LogP contribution in [0.25, 0.3) is 0 Å². The molecule has 9 heteroatoms. The molecule has 0 atom stereocenters. The predicted molar refractivity (Wildman–Crippen MR) is 122 cm³/mol. The van der Waals surface area contributed by atoms with Crippen LogP contribution >= 0.6 is 0 Å². The lowest BCUT2D eigenvalue weighted by atomic mass is 9.95. The third-order valence-corrected chi connectivity index (χ3v) is 7.25. The van der Waals surface area contributed by atoms with Crippen molar-refractivity contribution in [1.29, 1.82) is 0 Å². The monoisotopic (exact) mass is 453 g/mol. The standard InChI is InChI=1S/C23H27N5O3S/c1-3-27-16-24-25-22(27)18-12-14-28(15-13-18)23(29)19-6-10-21(11-7-19)32(30,31)26-20-8-4-17(2)5-9-20/h4-11,16,18,26H,3,12-15H2,1-2H3. The second-order valence-electron chi connectivity index (χ2n) is 8.04. The summed E-state index contributed by atoms with van der Waals surface area (Å²) in [7, 11) is -3.72. The normalized spacial score (nSPS) is 15.0. The molecule has 1 N–H and O–H groups in total. The van der Waals surface area contributed by atoms with Gasteiger partial charge >= 0.3 is 0 Å². The first-order valence-corrected chi connectivity index (χ1v) is 12.2. The van der Waals surface area contributed by atoms with Crippen LogP contribution in [0.3, 0.4) is 0 Å². The summed E-state index contributed by atoms with van der Waals surface area (Å²) in [6.07, 6.45) is 3.41. The van der Waals surface area contributed by atoms with Crippen LogP contribution in [0.2, 0.25) is 0 Å². The van der Waals surface area contributed by atoms with Crippen LogP contribution in [0.4, 0.5) is 5.69 Å². The number of hydrogen-bond donors (Lipinski definition) is 1. The zero-order valence-electron chi connectivity index (χ0n) is 18.2. The fourth-order valence-electron chi connectivity index (χ4n) is 3.96. The number of aromatic nitrogens is 3. The lowest BCUT2D eigenvalue weighted by Crippen LogP contribution is -2.38. The number of likely N-dealkylation sites (tertiary alicyclic amines) is 1. The molecular weight excluding hydrogens is 426 g/mol. The van der Waals surface area contributed by atoms with Crippen molar-refractivity contribution in [2.45, 2.75) is 44.0 Å². The summed E-state index contributed by atoms with van der Waals surface area (Å²) in [6.45, 7) is 6.10. The highest BCUT2D eigenvalue weighted by Gasteiger charge is 2.27.